The minimum absolute atomic E-state index is 0.0185. The third-order valence-electron chi connectivity index (χ3n) is 4.86. The summed E-state index contributed by atoms with van der Waals surface area (Å²) in [5.74, 6) is 1.30. The summed E-state index contributed by atoms with van der Waals surface area (Å²) in [5.41, 5.74) is 1.89. The molecule has 0 N–H and O–H groups in total. The number of benzene rings is 2. The number of hydrogen-bond acceptors (Lipinski definition) is 5. The van der Waals surface area contributed by atoms with E-state index in [1.807, 2.05) is 54.6 Å². The van der Waals surface area contributed by atoms with E-state index in [1.165, 1.54) is 0 Å². The van der Waals surface area contributed by atoms with Crippen molar-refractivity contribution in [1.29, 1.82) is 0 Å². The van der Waals surface area contributed by atoms with Crippen LogP contribution in [0.1, 0.15) is 0 Å². The van der Waals surface area contributed by atoms with Crippen molar-refractivity contribution in [2.75, 3.05) is 37.7 Å². The summed E-state index contributed by atoms with van der Waals surface area (Å²) in [6, 6.07) is 21.1. The molecule has 0 atom stereocenters. The first-order valence-electron chi connectivity index (χ1n) is 9.50. The standard InChI is InChI=1S/C22H21ClN4O2/c23-18-8-4-5-9-20(18)29-16-22(28)27-14-12-26(13-15-27)21-11-10-19(24-25-21)17-6-2-1-3-7-17/h1-11H,12-16H2. The Balaban J connectivity index is 1.30. The molecular formula is C22H21ClN4O2. The molecule has 1 aliphatic heterocycles. The van der Waals surface area contributed by atoms with Gasteiger partial charge in [-0.3, -0.25) is 4.79 Å². The molecule has 1 amide bonds. The number of rotatable bonds is 5. The molecular weight excluding hydrogens is 388 g/mol. The first kappa shape index (κ1) is 19.2. The van der Waals surface area contributed by atoms with Crippen molar-refractivity contribution in [3.05, 3.63) is 71.8 Å². The SMILES string of the molecule is O=C(COc1ccccc1Cl)N1CCN(c2ccc(-c3ccccc3)nn2)CC1. The fourth-order valence-electron chi connectivity index (χ4n) is 3.23. The zero-order chi connectivity index (χ0) is 20.1. The van der Waals surface area contributed by atoms with Gasteiger partial charge in [-0.25, -0.2) is 0 Å². The fraction of sp³-hybridized carbons (Fsp3) is 0.227. The van der Waals surface area contributed by atoms with Gasteiger partial charge in [0.2, 0.25) is 0 Å². The molecule has 1 saturated heterocycles. The van der Waals surface area contributed by atoms with Crippen molar-refractivity contribution in [2.24, 2.45) is 0 Å². The molecule has 2 heterocycles. The van der Waals surface area contributed by atoms with E-state index in [9.17, 15) is 4.79 Å². The Labute approximate surface area is 174 Å². The van der Waals surface area contributed by atoms with E-state index >= 15 is 0 Å². The van der Waals surface area contributed by atoms with Crippen molar-refractivity contribution in [1.82, 2.24) is 15.1 Å². The lowest BCUT2D eigenvalue weighted by Crippen LogP contribution is -2.50. The maximum atomic E-state index is 12.4. The van der Waals surface area contributed by atoms with E-state index in [-0.39, 0.29) is 12.5 Å². The Kier molecular flexibility index (Phi) is 5.91. The average molecular weight is 409 g/mol. The van der Waals surface area contributed by atoms with Gasteiger partial charge in [0, 0.05) is 31.7 Å². The van der Waals surface area contributed by atoms with Crippen LogP contribution in [0.15, 0.2) is 66.7 Å². The van der Waals surface area contributed by atoms with Crippen LogP contribution in [0.4, 0.5) is 5.82 Å². The van der Waals surface area contributed by atoms with Crippen LogP contribution in [0.3, 0.4) is 0 Å². The highest BCUT2D eigenvalue weighted by atomic mass is 35.5. The van der Waals surface area contributed by atoms with E-state index in [2.05, 4.69) is 15.1 Å². The number of ether oxygens (including phenoxy) is 1. The second kappa shape index (κ2) is 8.92. The second-order valence-corrected chi connectivity index (χ2v) is 7.14. The third kappa shape index (κ3) is 4.66. The third-order valence-corrected chi connectivity index (χ3v) is 5.18. The van der Waals surface area contributed by atoms with E-state index in [0.29, 0.717) is 37.0 Å². The highest BCUT2D eigenvalue weighted by Crippen LogP contribution is 2.23. The van der Waals surface area contributed by atoms with Gasteiger partial charge in [-0.05, 0) is 24.3 Å². The van der Waals surface area contributed by atoms with Crippen LogP contribution in [0, 0.1) is 0 Å². The molecule has 1 aliphatic rings. The molecule has 6 nitrogen and oxygen atoms in total. The Morgan fingerprint density at radius 1 is 0.897 bits per heavy atom. The van der Waals surface area contributed by atoms with Gasteiger partial charge in [0.15, 0.2) is 12.4 Å². The predicted octanol–water partition coefficient (Wildman–Crippen LogP) is 3.52. The number of anilines is 1. The molecule has 0 unspecified atom stereocenters. The highest BCUT2D eigenvalue weighted by molar-refractivity contribution is 6.32. The summed E-state index contributed by atoms with van der Waals surface area (Å²) < 4.78 is 5.56. The molecule has 0 saturated carbocycles. The highest BCUT2D eigenvalue weighted by Gasteiger charge is 2.22. The quantitative estimate of drug-likeness (QED) is 0.646. The summed E-state index contributed by atoms with van der Waals surface area (Å²) in [6.07, 6.45) is 0. The van der Waals surface area contributed by atoms with Crippen LogP contribution in [0.2, 0.25) is 5.02 Å². The number of hydrogen-bond donors (Lipinski definition) is 0. The van der Waals surface area contributed by atoms with Crippen molar-refractivity contribution < 1.29 is 9.53 Å². The van der Waals surface area contributed by atoms with Crippen LogP contribution < -0.4 is 9.64 Å². The average Bonchev–Trinajstić information content (AvgIpc) is 2.79. The smallest absolute Gasteiger partial charge is 0.260 e. The Hall–Kier alpha value is -3.12. The summed E-state index contributed by atoms with van der Waals surface area (Å²) in [4.78, 5) is 16.4. The lowest BCUT2D eigenvalue weighted by Gasteiger charge is -2.35. The molecule has 29 heavy (non-hydrogen) atoms. The molecule has 0 radical (unpaired) electrons. The molecule has 7 heteroatoms. The van der Waals surface area contributed by atoms with E-state index in [4.69, 9.17) is 16.3 Å². The molecule has 0 aliphatic carbocycles. The van der Waals surface area contributed by atoms with Gasteiger partial charge in [0.1, 0.15) is 5.75 Å². The molecule has 3 aromatic rings. The summed E-state index contributed by atoms with van der Waals surface area (Å²) >= 11 is 6.06. The van der Waals surface area contributed by atoms with E-state index < -0.39 is 0 Å². The number of aromatic nitrogens is 2. The zero-order valence-corrected chi connectivity index (χ0v) is 16.6. The van der Waals surface area contributed by atoms with Gasteiger partial charge in [-0.1, -0.05) is 54.1 Å². The normalized spacial score (nSPS) is 14.0. The Morgan fingerprint density at radius 3 is 2.31 bits per heavy atom. The van der Waals surface area contributed by atoms with Gasteiger partial charge >= 0.3 is 0 Å². The lowest BCUT2D eigenvalue weighted by molar-refractivity contribution is -0.133. The van der Waals surface area contributed by atoms with Crippen LogP contribution in [-0.4, -0.2) is 53.8 Å². The minimum atomic E-state index is -0.0462. The van der Waals surface area contributed by atoms with Crippen molar-refractivity contribution in [2.45, 2.75) is 0 Å². The molecule has 4 rings (SSSR count). The number of amides is 1. The van der Waals surface area contributed by atoms with Gasteiger partial charge in [-0.2, -0.15) is 0 Å². The minimum Gasteiger partial charge on any atom is -0.482 e. The largest absolute Gasteiger partial charge is 0.482 e. The van der Waals surface area contributed by atoms with Crippen LogP contribution in [0.5, 0.6) is 5.75 Å². The fourth-order valence-corrected chi connectivity index (χ4v) is 3.42. The summed E-state index contributed by atoms with van der Waals surface area (Å²) in [5, 5.41) is 9.21. The second-order valence-electron chi connectivity index (χ2n) is 6.73. The van der Waals surface area contributed by atoms with Crippen LogP contribution >= 0.6 is 11.6 Å². The number of nitrogens with zero attached hydrogens (tertiary/aromatic N) is 4. The molecule has 2 aromatic carbocycles. The topological polar surface area (TPSA) is 58.6 Å². The Bertz CT molecular complexity index is 958. The maximum Gasteiger partial charge on any atom is 0.260 e. The van der Waals surface area contributed by atoms with Crippen molar-refractivity contribution in [3.63, 3.8) is 0 Å². The van der Waals surface area contributed by atoms with E-state index in [1.54, 1.807) is 17.0 Å². The van der Waals surface area contributed by atoms with Gasteiger partial charge in [0.25, 0.3) is 5.91 Å². The zero-order valence-electron chi connectivity index (χ0n) is 15.9. The first-order chi connectivity index (χ1) is 14.2. The van der Waals surface area contributed by atoms with Gasteiger partial charge < -0.3 is 14.5 Å². The number of halogens is 1. The monoisotopic (exact) mass is 408 g/mol. The number of para-hydroxylation sites is 1. The van der Waals surface area contributed by atoms with Crippen LogP contribution in [0.25, 0.3) is 11.3 Å². The first-order valence-corrected chi connectivity index (χ1v) is 9.88. The molecule has 1 fully saturated rings. The Morgan fingerprint density at radius 2 is 1.62 bits per heavy atom. The van der Waals surface area contributed by atoms with Crippen LogP contribution in [-0.2, 0) is 4.79 Å². The summed E-state index contributed by atoms with van der Waals surface area (Å²) in [6.45, 7) is 2.63. The van der Waals surface area contributed by atoms with Gasteiger partial charge in [0.05, 0.1) is 10.7 Å². The number of carbonyl (C=O) groups is 1. The summed E-state index contributed by atoms with van der Waals surface area (Å²) in [7, 11) is 0. The molecule has 0 bridgehead atoms. The maximum absolute atomic E-state index is 12.4. The van der Waals surface area contributed by atoms with Crippen molar-refractivity contribution >= 4 is 23.3 Å². The van der Waals surface area contributed by atoms with Crippen molar-refractivity contribution in [3.8, 4) is 17.0 Å². The lowest BCUT2D eigenvalue weighted by atomic mass is 10.1. The molecule has 1 aromatic heterocycles. The predicted molar refractivity (Wildman–Crippen MR) is 113 cm³/mol. The number of piperazine rings is 1. The van der Waals surface area contributed by atoms with E-state index in [0.717, 1.165) is 17.1 Å². The molecule has 0 spiro atoms. The number of carbonyl (C=O) groups excluding carboxylic acids is 1. The molecule has 148 valence electrons. The van der Waals surface area contributed by atoms with Gasteiger partial charge in [-0.15, -0.1) is 10.2 Å².